The molecule has 0 saturated heterocycles. The van der Waals surface area contributed by atoms with Crippen LogP contribution in [-0.2, 0) is 6.54 Å². The fourth-order valence-corrected chi connectivity index (χ4v) is 2.16. The standard InChI is InChI=1S/C15H23N3/c1-3-7-16-12-14-11-15(4-8-17-14)18-9-5-13(2)6-10-18/h4-5,8,11,16H,3,6-7,9-10,12H2,1-2H3. The van der Waals surface area contributed by atoms with E-state index in [4.69, 9.17) is 0 Å². The molecule has 0 radical (unpaired) electrons. The van der Waals surface area contributed by atoms with Gasteiger partial charge in [0.15, 0.2) is 0 Å². The van der Waals surface area contributed by atoms with E-state index in [1.807, 2.05) is 6.20 Å². The summed E-state index contributed by atoms with van der Waals surface area (Å²) in [6.45, 7) is 8.46. The van der Waals surface area contributed by atoms with Crippen molar-refractivity contribution in [3.63, 3.8) is 0 Å². The monoisotopic (exact) mass is 245 g/mol. The Morgan fingerprint density at radius 3 is 3.06 bits per heavy atom. The van der Waals surface area contributed by atoms with Gasteiger partial charge in [-0.1, -0.05) is 18.6 Å². The zero-order chi connectivity index (χ0) is 12.8. The lowest BCUT2D eigenvalue weighted by Gasteiger charge is -2.27. The van der Waals surface area contributed by atoms with Crippen molar-refractivity contribution >= 4 is 5.69 Å². The molecule has 1 aliphatic rings. The summed E-state index contributed by atoms with van der Waals surface area (Å²) in [5.41, 5.74) is 3.93. The molecule has 0 amide bonds. The smallest absolute Gasteiger partial charge is 0.0562 e. The van der Waals surface area contributed by atoms with E-state index in [9.17, 15) is 0 Å². The average molecular weight is 245 g/mol. The van der Waals surface area contributed by atoms with Crippen molar-refractivity contribution in [2.24, 2.45) is 0 Å². The zero-order valence-corrected chi connectivity index (χ0v) is 11.4. The number of nitrogens with zero attached hydrogens (tertiary/aromatic N) is 2. The van der Waals surface area contributed by atoms with E-state index < -0.39 is 0 Å². The van der Waals surface area contributed by atoms with E-state index >= 15 is 0 Å². The topological polar surface area (TPSA) is 28.2 Å². The molecule has 1 aromatic rings. The van der Waals surface area contributed by atoms with Gasteiger partial charge in [-0.15, -0.1) is 0 Å². The molecule has 0 fully saturated rings. The van der Waals surface area contributed by atoms with Crippen molar-refractivity contribution in [1.29, 1.82) is 0 Å². The van der Waals surface area contributed by atoms with Crippen LogP contribution in [0.25, 0.3) is 0 Å². The van der Waals surface area contributed by atoms with Crippen LogP contribution in [0.4, 0.5) is 5.69 Å². The third kappa shape index (κ3) is 3.57. The minimum absolute atomic E-state index is 0.865. The number of hydrogen-bond acceptors (Lipinski definition) is 3. The van der Waals surface area contributed by atoms with Gasteiger partial charge in [-0.25, -0.2) is 0 Å². The van der Waals surface area contributed by atoms with Gasteiger partial charge in [0.05, 0.1) is 5.69 Å². The summed E-state index contributed by atoms with van der Waals surface area (Å²) in [7, 11) is 0. The summed E-state index contributed by atoms with van der Waals surface area (Å²) in [6.07, 6.45) is 6.57. The van der Waals surface area contributed by atoms with Gasteiger partial charge in [0, 0.05) is 31.5 Å². The van der Waals surface area contributed by atoms with Crippen LogP contribution in [0, 0.1) is 0 Å². The molecular formula is C15H23N3. The maximum Gasteiger partial charge on any atom is 0.0562 e. The zero-order valence-electron chi connectivity index (χ0n) is 11.4. The Balaban J connectivity index is 1.98. The minimum Gasteiger partial charge on any atom is -0.367 e. The highest BCUT2D eigenvalue weighted by atomic mass is 15.1. The number of pyridine rings is 1. The summed E-state index contributed by atoms with van der Waals surface area (Å²) < 4.78 is 0. The molecule has 0 aromatic carbocycles. The summed E-state index contributed by atoms with van der Waals surface area (Å²) in [4.78, 5) is 6.83. The van der Waals surface area contributed by atoms with E-state index in [1.54, 1.807) is 0 Å². The first kappa shape index (κ1) is 13.1. The van der Waals surface area contributed by atoms with Crippen LogP contribution in [0.5, 0.6) is 0 Å². The molecule has 2 rings (SSSR count). The molecule has 1 aliphatic heterocycles. The largest absolute Gasteiger partial charge is 0.367 e. The van der Waals surface area contributed by atoms with Gasteiger partial charge < -0.3 is 10.2 Å². The molecule has 0 atom stereocenters. The predicted octanol–water partition coefficient (Wildman–Crippen LogP) is 2.74. The summed E-state index contributed by atoms with van der Waals surface area (Å²) in [5, 5.41) is 3.40. The first-order valence-electron chi connectivity index (χ1n) is 6.86. The number of rotatable bonds is 5. The SMILES string of the molecule is CCCNCc1cc(N2CC=C(C)CC2)ccn1. The molecule has 98 valence electrons. The fourth-order valence-electron chi connectivity index (χ4n) is 2.16. The van der Waals surface area contributed by atoms with Gasteiger partial charge in [-0.2, -0.15) is 0 Å². The van der Waals surface area contributed by atoms with Gasteiger partial charge >= 0.3 is 0 Å². The van der Waals surface area contributed by atoms with Crippen molar-refractivity contribution in [1.82, 2.24) is 10.3 Å². The van der Waals surface area contributed by atoms with Crippen molar-refractivity contribution in [2.75, 3.05) is 24.5 Å². The third-order valence-electron chi connectivity index (χ3n) is 3.33. The lowest BCUT2D eigenvalue weighted by atomic mass is 10.1. The van der Waals surface area contributed by atoms with E-state index in [-0.39, 0.29) is 0 Å². The number of nitrogens with one attached hydrogen (secondary N) is 1. The molecule has 0 bridgehead atoms. The Morgan fingerprint density at radius 2 is 2.33 bits per heavy atom. The van der Waals surface area contributed by atoms with Gasteiger partial charge in [0.25, 0.3) is 0 Å². The van der Waals surface area contributed by atoms with Crippen LogP contribution in [-0.4, -0.2) is 24.6 Å². The molecule has 3 nitrogen and oxygen atoms in total. The van der Waals surface area contributed by atoms with Crippen LogP contribution < -0.4 is 10.2 Å². The van der Waals surface area contributed by atoms with E-state index in [0.717, 1.165) is 38.3 Å². The van der Waals surface area contributed by atoms with Crippen molar-refractivity contribution in [3.8, 4) is 0 Å². The van der Waals surface area contributed by atoms with Crippen LogP contribution in [0.3, 0.4) is 0 Å². The maximum atomic E-state index is 4.42. The molecule has 0 saturated carbocycles. The number of aromatic nitrogens is 1. The lowest BCUT2D eigenvalue weighted by Crippen LogP contribution is -2.28. The molecule has 0 aliphatic carbocycles. The Bertz CT molecular complexity index is 412. The Labute approximate surface area is 110 Å². The maximum absolute atomic E-state index is 4.42. The normalized spacial score (nSPS) is 15.7. The quantitative estimate of drug-likeness (QED) is 0.638. The van der Waals surface area contributed by atoms with Gasteiger partial charge in [0.2, 0.25) is 0 Å². The predicted molar refractivity (Wildman–Crippen MR) is 76.8 cm³/mol. The average Bonchev–Trinajstić information content (AvgIpc) is 2.40. The summed E-state index contributed by atoms with van der Waals surface area (Å²) >= 11 is 0. The highest BCUT2D eigenvalue weighted by molar-refractivity contribution is 5.48. The van der Waals surface area contributed by atoms with Crippen LogP contribution in [0.15, 0.2) is 30.0 Å². The second-order valence-corrected chi connectivity index (χ2v) is 4.93. The van der Waals surface area contributed by atoms with E-state index in [0.29, 0.717) is 0 Å². The second-order valence-electron chi connectivity index (χ2n) is 4.93. The first-order valence-corrected chi connectivity index (χ1v) is 6.86. The molecule has 1 N–H and O–H groups in total. The molecule has 18 heavy (non-hydrogen) atoms. The van der Waals surface area contributed by atoms with Gasteiger partial charge in [-0.05, 0) is 38.4 Å². The second kappa shape index (κ2) is 6.55. The molecule has 2 heterocycles. The highest BCUT2D eigenvalue weighted by Crippen LogP contribution is 2.19. The Kier molecular flexibility index (Phi) is 4.76. The molecule has 0 spiro atoms. The van der Waals surface area contributed by atoms with Crippen LogP contribution >= 0.6 is 0 Å². The molecule has 3 heteroatoms. The van der Waals surface area contributed by atoms with Gasteiger partial charge in [-0.3, -0.25) is 4.98 Å². The third-order valence-corrected chi connectivity index (χ3v) is 3.33. The van der Waals surface area contributed by atoms with Crippen molar-refractivity contribution in [3.05, 3.63) is 35.7 Å². The number of hydrogen-bond donors (Lipinski definition) is 1. The van der Waals surface area contributed by atoms with Crippen molar-refractivity contribution < 1.29 is 0 Å². The van der Waals surface area contributed by atoms with Crippen LogP contribution in [0.2, 0.25) is 0 Å². The summed E-state index contributed by atoms with van der Waals surface area (Å²) in [5.74, 6) is 0. The Hall–Kier alpha value is -1.35. The first-order chi connectivity index (χ1) is 8.79. The molecular weight excluding hydrogens is 222 g/mol. The molecule has 0 unspecified atom stereocenters. The highest BCUT2D eigenvalue weighted by Gasteiger charge is 2.10. The van der Waals surface area contributed by atoms with Gasteiger partial charge in [0.1, 0.15) is 0 Å². The Morgan fingerprint density at radius 1 is 1.44 bits per heavy atom. The molecule has 1 aromatic heterocycles. The van der Waals surface area contributed by atoms with Crippen molar-refractivity contribution in [2.45, 2.75) is 33.2 Å². The van der Waals surface area contributed by atoms with E-state index in [2.05, 4.69) is 47.3 Å². The van der Waals surface area contributed by atoms with Crippen LogP contribution in [0.1, 0.15) is 32.4 Å². The number of anilines is 1. The fraction of sp³-hybridized carbons (Fsp3) is 0.533. The van der Waals surface area contributed by atoms with E-state index in [1.165, 1.54) is 17.7 Å². The summed E-state index contributed by atoms with van der Waals surface area (Å²) in [6, 6.07) is 4.31. The lowest BCUT2D eigenvalue weighted by molar-refractivity contribution is 0.663. The minimum atomic E-state index is 0.865.